The number of nitrogens with zero attached hydrogens (tertiary/aromatic N) is 1. The highest BCUT2D eigenvalue weighted by atomic mass is 32.2. The molecular formula is C20H23F3N2O4S. The lowest BCUT2D eigenvalue weighted by Gasteiger charge is -2.30. The van der Waals surface area contributed by atoms with Gasteiger partial charge in [0.25, 0.3) is 0 Å². The van der Waals surface area contributed by atoms with Gasteiger partial charge in [-0.2, -0.15) is 13.2 Å². The maximum absolute atomic E-state index is 13.1. The number of carbonyl (C=O) groups excluding carboxylic acids is 1. The molecule has 0 saturated heterocycles. The molecule has 6 nitrogen and oxygen atoms in total. The van der Waals surface area contributed by atoms with E-state index >= 15 is 0 Å². The highest BCUT2D eigenvalue weighted by molar-refractivity contribution is 7.92. The smallest absolute Gasteiger partial charge is 0.416 e. The molecule has 30 heavy (non-hydrogen) atoms. The van der Waals surface area contributed by atoms with Crippen molar-refractivity contribution >= 4 is 21.6 Å². The van der Waals surface area contributed by atoms with Crippen LogP contribution in [0.15, 0.2) is 48.5 Å². The second-order valence-corrected chi connectivity index (χ2v) is 8.61. The van der Waals surface area contributed by atoms with E-state index in [2.05, 4.69) is 5.32 Å². The fourth-order valence-electron chi connectivity index (χ4n) is 3.06. The van der Waals surface area contributed by atoms with Gasteiger partial charge in [0.1, 0.15) is 11.8 Å². The third-order valence-electron chi connectivity index (χ3n) is 4.48. The van der Waals surface area contributed by atoms with Gasteiger partial charge in [0.05, 0.1) is 30.7 Å². The third kappa shape index (κ3) is 5.44. The summed E-state index contributed by atoms with van der Waals surface area (Å²) in [6.07, 6.45) is -3.82. The molecule has 1 N–H and O–H groups in total. The average molecular weight is 444 g/mol. The van der Waals surface area contributed by atoms with Crippen molar-refractivity contribution in [2.75, 3.05) is 17.7 Å². The van der Waals surface area contributed by atoms with Gasteiger partial charge in [-0.25, -0.2) is 8.42 Å². The van der Waals surface area contributed by atoms with Gasteiger partial charge >= 0.3 is 6.18 Å². The van der Waals surface area contributed by atoms with E-state index in [4.69, 9.17) is 4.74 Å². The Morgan fingerprint density at radius 1 is 1.10 bits per heavy atom. The molecule has 1 amide bonds. The SMILES string of the molecule is COc1ccccc1[C@H](C)NC(=O)[C@H](C)N(c1cccc(C(F)(F)F)c1)S(C)(=O)=O. The number of carbonyl (C=O) groups is 1. The molecule has 0 aliphatic heterocycles. The second kappa shape index (κ2) is 8.95. The van der Waals surface area contributed by atoms with Crippen LogP contribution in [0.4, 0.5) is 18.9 Å². The molecule has 0 bridgehead atoms. The molecule has 0 radical (unpaired) electrons. The first kappa shape index (κ1) is 23.5. The average Bonchev–Trinajstić information content (AvgIpc) is 2.66. The van der Waals surface area contributed by atoms with Crippen molar-refractivity contribution < 1.29 is 31.1 Å². The standard InChI is InChI=1S/C20H23F3N2O4S/c1-13(17-10-5-6-11-18(17)29-3)24-19(26)14(2)25(30(4,27)28)16-9-7-8-15(12-16)20(21,22)23/h5-14H,1-4H3,(H,24,26)/t13-,14-/m0/s1. The highest BCUT2D eigenvalue weighted by Gasteiger charge is 2.34. The van der Waals surface area contributed by atoms with E-state index in [1.165, 1.54) is 20.1 Å². The van der Waals surface area contributed by atoms with E-state index < -0.39 is 39.8 Å². The Labute approximate surface area is 173 Å². The summed E-state index contributed by atoms with van der Waals surface area (Å²) in [5.74, 6) is -0.132. The minimum Gasteiger partial charge on any atom is -0.496 e. The van der Waals surface area contributed by atoms with Crippen molar-refractivity contribution in [3.8, 4) is 5.75 Å². The van der Waals surface area contributed by atoms with E-state index in [1.54, 1.807) is 31.2 Å². The van der Waals surface area contributed by atoms with E-state index in [1.807, 2.05) is 0 Å². The molecule has 2 aromatic rings. The van der Waals surface area contributed by atoms with Crippen molar-refractivity contribution in [3.63, 3.8) is 0 Å². The number of amides is 1. The van der Waals surface area contributed by atoms with Gasteiger partial charge in [-0.1, -0.05) is 24.3 Å². The molecule has 164 valence electrons. The van der Waals surface area contributed by atoms with E-state index in [9.17, 15) is 26.4 Å². The molecule has 2 rings (SSSR count). The first-order chi connectivity index (χ1) is 13.9. The number of anilines is 1. The van der Waals surface area contributed by atoms with Crippen molar-refractivity contribution in [1.29, 1.82) is 0 Å². The van der Waals surface area contributed by atoms with Crippen LogP contribution in [0, 0.1) is 0 Å². The predicted molar refractivity (Wildman–Crippen MR) is 108 cm³/mol. The maximum Gasteiger partial charge on any atom is 0.416 e. The summed E-state index contributed by atoms with van der Waals surface area (Å²) in [7, 11) is -2.58. The largest absolute Gasteiger partial charge is 0.496 e. The molecule has 0 heterocycles. The van der Waals surface area contributed by atoms with Crippen molar-refractivity contribution in [3.05, 3.63) is 59.7 Å². The van der Waals surface area contributed by atoms with Crippen molar-refractivity contribution in [1.82, 2.24) is 5.32 Å². The molecule has 10 heteroatoms. The molecule has 0 unspecified atom stereocenters. The summed E-state index contributed by atoms with van der Waals surface area (Å²) in [5.41, 5.74) is -0.589. The van der Waals surface area contributed by atoms with Crippen LogP contribution in [0.25, 0.3) is 0 Å². The summed E-state index contributed by atoms with van der Waals surface area (Å²) >= 11 is 0. The minimum atomic E-state index is -4.65. The number of benzene rings is 2. The van der Waals surface area contributed by atoms with Crippen LogP contribution in [0.3, 0.4) is 0 Å². The van der Waals surface area contributed by atoms with E-state index in [0.717, 1.165) is 18.4 Å². The van der Waals surface area contributed by atoms with E-state index in [-0.39, 0.29) is 5.69 Å². The number of hydrogen-bond donors (Lipinski definition) is 1. The molecule has 2 atom stereocenters. The summed E-state index contributed by atoms with van der Waals surface area (Å²) in [5, 5.41) is 2.69. The van der Waals surface area contributed by atoms with Gasteiger partial charge in [0, 0.05) is 5.56 Å². The minimum absolute atomic E-state index is 0.250. The van der Waals surface area contributed by atoms with Crippen LogP contribution >= 0.6 is 0 Å². The van der Waals surface area contributed by atoms with Gasteiger partial charge in [0.15, 0.2) is 0 Å². The zero-order valence-corrected chi connectivity index (χ0v) is 17.7. The molecule has 0 spiro atoms. The zero-order valence-electron chi connectivity index (χ0n) is 16.9. The van der Waals surface area contributed by atoms with Gasteiger partial charge in [-0.3, -0.25) is 9.10 Å². The maximum atomic E-state index is 13.1. The number of methoxy groups -OCH3 is 1. The normalized spacial score (nSPS) is 14.0. The first-order valence-corrected chi connectivity index (χ1v) is 10.8. The lowest BCUT2D eigenvalue weighted by Crippen LogP contribution is -2.48. The Bertz CT molecular complexity index is 1010. The van der Waals surface area contributed by atoms with E-state index in [0.29, 0.717) is 21.7 Å². The number of hydrogen-bond acceptors (Lipinski definition) is 4. The van der Waals surface area contributed by atoms with Crippen LogP contribution in [0.1, 0.15) is 31.0 Å². The monoisotopic (exact) mass is 444 g/mol. The lowest BCUT2D eigenvalue weighted by molar-refractivity contribution is -0.137. The van der Waals surface area contributed by atoms with Crippen LogP contribution in [-0.2, 0) is 21.0 Å². The molecule has 0 fully saturated rings. The molecule has 0 saturated carbocycles. The molecular weight excluding hydrogens is 421 g/mol. The summed E-state index contributed by atoms with van der Waals surface area (Å²) in [6.45, 7) is 3.00. The number of alkyl halides is 3. The fourth-order valence-corrected chi connectivity index (χ4v) is 4.23. The molecule has 0 aromatic heterocycles. The zero-order chi connectivity index (χ0) is 22.7. The Kier molecular flexibility index (Phi) is 7.02. The molecule has 0 aliphatic carbocycles. The Morgan fingerprint density at radius 2 is 1.73 bits per heavy atom. The van der Waals surface area contributed by atoms with Crippen LogP contribution < -0.4 is 14.4 Å². The predicted octanol–water partition coefficient (Wildman–Crippen LogP) is 3.75. The molecule has 2 aromatic carbocycles. The Morgan fingerprint density at radius 3 is 2.30 bits per heavy atom. The topological polar surface area (TPSA) is 75.7 Å². The Balaban J connectivity index is 2.34. The van der Waals surface area contributed by atoms with Crippen LogP contribution in [-0.4, -0.2) is 33.7 Å². The first-order valence-electron chi connectivity index (χ1n) is 8.96. The third-order valence-corrected chi connectivity index (χ3v) is 5.72. The van der Waals surface area contributed by atoms with Gasteiger partial charge < -0.3 is 10.1 Å². The second-order valence-electron chi connectivity index (χ2n) is 6.76. The number of ether oxygens (including phenoxy) is 1. The summed E-state index contributed by atoms with van der Waals surface area (Å²) in [6, 6.07) is 9.01. The number of nitrogens with one attached hydrogen (secondary N) is 1. The Hall–Kier alpha value is -2.75. The van der Waals surface area contributed by atoms with Crippen LogP contribution in [0.5, 0.6) is 5.75 Å². The van der Waals surface area contributed by atoms with Gasteiger partial charge in [0.2, 0.25) is 15.9 Å². The van der Waals surface area contributed by atoms with Gasteiger partial charge in [-0.05, 0) is 38.1 Å². The fraction of sp³-hybridized carbons (Fsp3) is 0.350. The summed E-state index contributed by atoms with van der Waals surface area (Å²) in [4.78, 5) is 12.8. The number of sulfonamides is 1. The number of rotatable bonds is 7. The van der Waals surface area contributed by atoms with Crippen LogP contribution in [0.2, 0.25) is 0 Å². The van der Waals surface area contributed by atoms with Gasteiger partial charge in [-0.15, -0.1) is 0 Å². The lowest BCUT2D eigenvalue weighted by atomic mass is 10.1. The quantitative estimate of drug-likeness (QED) is 0.706. The molecule has 0 aliphatic rings. The van der Waals surface area contributed by atoms with Crippen molar-refractivity contribution in [2.24, 2.45) is 0 Å². The number of para-hydroxylation sites is 1. The highest BCUT2D eigenvalue weighted by Crippen LogP contribution is 2.33. The number of halogens is 3. The summed E-state index contributed by atoms with van der Waals surface area (Å²) < 4.78 is 69.8. The van der Waals surface area contributed by atoms with Crippen molar-refractivity contribution in [2.45, 2.75) is 32.1 Å².